The van der Waals surface area contributed by atoms with Crippen LogP contribution in [0, 0.1) is 0 Å². The molecule has 0 fully saturated rings. The predicted octanol–water partition coefficient (Wildman–Crippen LogP) is 5.25. The van der Waals surface area contributed by atoms with Crippen molar-refractivity contribution in [1.82, 2.24) is 0 Å². The number of ether oxygens (including phenoxy) is 1. The summed E-state index contributed by atoms with van der Waals surface area (Å²) in [4.78, 5) is 11.3. The Kier molecular flexibility index (Phi) is 19.8. The molecule has 0 radical (unpaired) electrons. The third-order valence-corrected chi connectivity index (χ3v) is 4.37. The van der Waals surface area contributed by atoms with E-state index in [2.05, 4.69) is 13.0 Å². The maximum atomic E-state index is 11.3. The van der Waals surface area contributed by atoms with Crippen molar-refractivity contribution >= 4 is 5.97 Å². The Bertz CT molecular complexity index is 409. The van der Waals surface area contributed by atoms with Gasteiger partial charge in [-0.3, -0.25) is 0 Å². The van der Waals surface area contributed by atoms with Gasteiger partial charge in [-0.1, -0.05) is 102 Å². The smallest absolute Gasteiger partial charge is 0.331 e. The first-order valence-electron chi connectivity index (χ1n) is 10.7. The number of carbonyl (C=O) groups is 1. The third-order valence-electron chi connectivity index (χ3n) is 4.37. The van der Waals surface area contributed by atoms with E-state index in [0.717, 1.165) is 6.42 Å². The number of hydrogen-bond donors (Lipinski definition) is 2. The van der Waals surface area contributed by atoms with Gasteiger partial charge in [0.1, 0.15) is 6.10 Å². The number of allylic oxidation sites excluding steroid dienone is 5. The van der Waals surface area contributed by atoms with E-state index in [1.807, 2.05) is 12.2 Å². The first kappa shape index (κ1) is 25.6. The molecular weight excluding hydrogens is 340 g/mol. The molecule has 0 aromatic rings. The highest BCUT2D eigenvalue weighted by Gasteiger charge is 2.08. The van der Waals surface area contributed by atoms with Gasteiger partial charge in [-0.15, -0.1) is 0 Å². The fraction of sp³-hybridized carbons (Fsp3) is 0.696. The second-order valence-electron chi connectivity index (χ2n) is 6.92. The molecule has 0 aromatic heterocycles. The second kappa shape index (κ2) is 20.9. The summed E-state index contributed by atoms with van der Waals surface area (Å²) in [5.41, 5.74) is 0. The van der Waals surface area contributed by atoms with Crippen molar-refractivity contribution in [3.63, 3.8) is 0 Å². The van der Waals surface area contributed by atoms with Crippen molar-refractivity contribution in [1.29, 1.82) is 0 Å². The highest BCUT2D eigenvalue weighted by molar-refractivity contribution is 5.82. The zero-order valence-corrected chi connectivity index (χ0v) is 17.2. The Morgan fingerprint density at radius 1 is 0.778 bits per heavy atom. The fourth-order valence-corrected chi connectivity index (χ4v) is 2.70. The Morgan fingerprint density at radius 3 is 1.85 bits per heavy atom. The minimum atomic E-state index is -0.850. The van der Waals surface area contributed by atoms with Gasteiger partial charge in [0.05, 0.1) is 13.2 Å². The van der Waals surface area contributed by atoms with Crippen LogP contribution in [0.25, 0.3) is 0 Å². The van der Waals surface area contributed by atoms with Crippen LogP contribution in [0.15, 0.2) is 36.5 Å². The van der Waals surface area contributed by atoms with Crippen molar-refractivity contribution in [2.24, 2.45) is 0 Å². The van der Waals surface area contributed by atoms with Crippen LogP contribution in [0.2, 0.25) is 0 Å². The summed E-state index contributed by atoms with van der Waals surface area (Å²) in [6.07, 6.45) is 25.8. The summed E-state index contributed by atoms with van der Waals surface area (Å²) < 4.78 is 4.80. The summed E-state index contributed by atoms with van der Waals surface area (Å²) in [6, 6.07) is 0. The minimum absolute atomic E-state index is 0.381. The van der Waals surface area contributed by atoms with Crippen LogP contribution in [-0.4, -0.2) is 35.5 Å². The molecule has 0 unspecified atom stereocenters. The number of esters is 1. The average Bonchev–Trinajstić information content (AvgIpc) is 2.68. The number of rotatable bonds is 18. The van der Waals surface area contributed by atoms with Gasteiger partial charge in [-0.05, 0) is 12.8 Å². The third kappa shape index (κ3) is 19.2. The van der Waals surface area contributed by atoms with Gasteiger partial charge in [0, 0.05) is 6.08 Å². The van der Waals surface area contributed by atoms with Crippen LogP contribution in [0.4, 0.5) is 0 Å². The van der Waals surface area contributed by atoms with Crippen molar-refractivity contribution in [2.45, 2.75) is 90.1 Å². The van der Waals surface area contributed by atoms with Crippen molar-refractivity contribution < 1.29 is 19.7 Å². The Hall–Kier alpha value is -1.39. The zero-order valence-electron chi connectivity index (χ0n) is 17.2. The second-order valence-corrected chi connectivity index (χ2v) is 6.92. The largest absolute Gasteiger partial charge is 0.454 e. The zero-order chi connectivity index (χ0) is 20.0. The number of aliphatic hydroxyl groups excluding tert-OH is 2. The molecule has 4 heteroatoms. The lowest BCUT2D eigenvalue weighted by atomic mass is 10.1. The van der Waals surface area contributed by atoms with E-state index in [-0.39, 0.29) is 13.2 Å². The topological polar surface area (TPSA) is 66.8 Å². The summed E-state index contributed by atoms with van der Waals surface area (Å²) in [5.74, 6) is -0.572. The number of aliphatic hydroxyl groups is 2. The molecule has 0 aromatic carbocycles. The molecule has 0 aliphatic carbocycles. The van der Waals surface area contributed by atoms with E-state index in [1.165, 1.54) is 76.7 Å². The quantitative estimate of drug-likeness (QED) is 0.147. The van der Waals surface area contributed by atoms with Crippen molar-refractivity contribution in [3.05, 3.63) is 36.5 Å². The molecule has 0 saturated heterocycles. The average molecular weight is 381 g/mol. The molecule has 0 saturated carbocycles. The van der Waals surface area contributed by atoms with Crippen LogP contribution in [-0.2, 0) is 9.53 Å². The minimum Gasteiger partial charge on any atom is -0.454 e. The van der Waals surface area contributed by atoms with Gasteiger partial charge >= 0.3 is 5.97 Å². The molecule has 4 nitrogen and oxygen atoms in total. The molecule has 27 heavy (non-hydrogen) atoms. The first-order valence-corrected chi connectivity index (χ1v) is 10.7. The van der Waals surface area contributed by atoms with E-state index < -0.39 is 12.1 Å². The summed E-state index contributed by atoms with van der Waals surface area (Å²) >= 11 is 0. The van der Waals surface area contributed by atoms with E-state index in [9.17, 15) is 4.79 Å². The molecule has 2 N–H and O–H groups in total. The van der Waals surface area contributed by atoms with Gasteiger partial charge in [-0.25, -0.2) is 4.79 Å². The predicted molar refractivity (Wildman–Crippen MR) is 113 cm³/mol. The van der Waals surface area contributed by atoms with Gasteiger partial charge in [-0.2, -0.15) is 0 Å². The lowest BCUT2D eigenvalue weighted by Gasteiger charge is -2.09. The number of unbranched alkanes of at least 4 members (excludes halogenated alkanes) is 11. The maximum absolute atomic E-state index is 11.3. The van der Waals surface area contributed by atoms with Crippen LogP contribution in [0.3, 0.4) is 0 Å². The van der Waals surface area contributed by atoms with E-state index in [1.54, 1.807) is 12.2 Å². The Morgan fingerprint density at radius 2 is 1.30 bits per heavy atom. The SMILES string of the molecule is CCCCCCCCCCCCCC=CC=CC=CC(=O)OC(CO)CO. The van der Waals surface area contributed by atoms with E-state index in [0.29, 0.717) is 0 Å². The van der Waals surface area contributed by atoms with Crippen molar-refractivity contribution in [2.75, 3.05) is 13.2 Å². The van der Waals surface area contributed by atoms with Crippen molar-refractivity contribution in [3.8, 4) is 0 Å². The van der Waals surface area contributed by atoms with E-state index in [4.69, 9.17) is 14.9 Å². The normalized spacial score (nSPS) is 12.1. The molecule has 0 amide bonds. The highest BCUT2D eigenvalue weighted by atomic mass is 16.6. The van der Waals surface area contributed by atoms with E-state index >= 15 is 0 Å². The van der Waals surface area contributed by atoms with Crippen LogP contribution in [0.5, 0.6) is 0 Å². The number of hydrogen-bond acceptors (Lipinski definition) is 4. The first-order chi connectivity index (χ1) is 13.2. The molecule has 0 heterocycles. The molecule has 0 atom stereocenters. The Labute approximate surface area is 166 Å². The summed E-state index contributed by atoms with van der Waals surface area (Å²) in [5, 5.41) is 17.6. The van der Waals surface area contributed by atoms with Gasteiger partial charge in [0.15, 0.2) is 0 Å². The van der Waals surface area contributed by atoms with Crippen LogP contribution >= 0.6 is 0 Å². The molecule has 0 spiro atoms. The van der Waals surface area contributed by atoms with Gasteiger partial charge < -0.3 is 14.9 Å². The lowest BCUT2D eigenvalue weighted by molar-refractivity contribution is -0.147. The molecule has 0 aliphatic heterocycles. The van der Waals surface area contributed by atoms with Crippen LogP contribution < -0.4 is 0 Å². The Balaban J connectivity index is 3.47. The maximum Gasteiger partial charge on any atom is 0.331 e. The molecule has 0 rings (SSSR count). The summed E-state index contributed by atoms with van der Waals surface area (Å²) in [6.45, 7) is 1.50. The molecule has 0 aliphatic rings. The highest BCUT2D eigenvalue weighted by Crippen LogP contribution is 2.12. The lowest BCUT2D eigenvalue weighted by Crippen LogP contribution is -2.24. The van der Waals surface area contributed by atoms with Gasteiger partial charge in [0.2, 0.25) is 0 Å². The van der Waals surface area contributed by atoms with Gasteiger partial charge in [0.25, 0.3) is 0 Å². The summed E-state index contributed by atoms with van der Waals surface area (Å²) in [7, 11) is 0. The molecule has 156 valence electrons. The van der Waals surface area contributed by atoms with Crippen LogP contribution in [0.1, 0.15) is 84.0 Å². The monoisotopic (exact) mass is 380 g/mol. The molecule has 0 bridgehead atoms. The number of carbonyl (C=O) groups excluding carboxylic acids is 1. The fourth-order valence-electron chi connectivity index (χ4n) is 2.70. The molecular formula is C23H40O4. The standard InChI is InChI=1S/C23H40O4/c1-2-3-4-5-6-7-8-9-10-11-12-13-14-15-16-17-18-19-23(26)27-22(20-24)21-25/h14-19,22,24-25H,2-13,20-21H2,1H3.